The second-order valence-corrected chi connectivity index (χ2v) is 20.8. The molecule has 4 fully saturated rings. The van der Waals surface area contributed by atoms with Crippen LogP contribution in [0.25, 0.3) is 0 Å². The Morgan fingerprint density at radius 2 is 1.63 bits per heavy atom. The third-order valence-electron chi connectivity index (χ3n) is 13.9. The lowest BCUT2D eigenvalue weighted by Gasteiger charge is -2.49. The maximum atomic E-state index is 14.7. The molecular weight excluding hydrogens is 823 g/mol. The van der Waals surface area contributed by atoms with Crippen LogP contribution in [-0.4, -0.2) is 131 Å². The number of benzene rings is 1. The van der Waals surface area contributed by atoms with Crippen LogP contribution in [0.2, 0.25) is 0 Å². The molecule has 1 aromatic rings. The van der Waals surface area contributed by atoms with E-state index in [1.807, 2.05) is 73.5 Å². The average Bonchev–Trinajstić information content (AvgIpc) is 3.77. The van der Waals surface area contributed by atoms with E-state index in [0.29, 0.717) is 24.2 Å². The van der Waals surface area contributed by atoms with Crippen LogP contribution in [0.3, 0.4) is 0 Å². The van der Waals surface area contributed by atoms with Gasteiger partial charge in [-0.15, -0.1) is 0 Å². The topological polar surface area (TPSA) is 167 Å². The van der Waals surface area contributed by atoms with Crippen LogP contribution in [0.5, 0.6) is 0 Å². The van der Waals surface area contributed by atoms with Crippen LogP contribution < -0.4 is 0 Å². The lowest BCUT2D eigenvalue weighted by molar-refractivity contribution is -0.315. The molecule has 0 saturated carbocycles. The van der Waals surface area contributed by atoms with Crippen LogP contribution in [0.1, 0.15) is 107 Å². The number of fused-ring (bicyclic) bond motifs is 2. The van der Waals surface area contributed by atoms with Gasteiger partial charge in [-0.3, -0.25) is 13.8 Å². The van der Waals surface area contributed by atoms with Gasteiger partial charge in [0.25, 0.3) is 10.1 Å². The van der Waals surface area contributed by atoms with Gasteiger partial charge in [-0.05, 0) is 86.5 Å². The molecular formula is C46H71NO14S. The molecule has 1 aromatic carbocycles. The minimum atomic E-state index is -4.08. The molecule has 2 bridgehead atoms. The van der Waals surface area contributed by atoms with E-state index in [1.165, 1.54) is 14.0 Å². The molecule has 0 aliphatic carbocycles. The summed E-state index contributed by atoms with van der Waals surface area (Å²) in [4.78, 5) is 29.3. The molecule has 6 rings (SSSR count). The zero-order valence-electron chi connectivity index (χ0n) is 39.1. The van der Waals surface area contributed by atoms with Gasteiger partial charge in [0, 0.05) is 32.8 Å². The van der Waals surface area contributed by atoms with Gasteiger partial charge in [0.1, 0.15) is 41.0 Å². The summed E-state index contributed by atoms with van der Waals surface area (Å²) in [6.45, 7) is 20.6. The zero-order valence-corrected chi connectivity index (χ0v) is 39.9. The lowest BCUT2D eigenvalue weighted by Crippen LogP contribution is -2.61. The monoisotopic (exact) mass is 893 g/mol. The highest BCUT2D eigenvalue weighted by Gasteiger charge is 2.63. The van der Waals surface area contributed by atoms with Crippen LogP contribution >= 0.6 is 0 Å². The Bertz CT molecular complexity index is 1900. The summed E-state index contributed by atoms with van der Waals surface area (Å²) in [5, 5.41) is 0. The summed E-state index contributed by atoms with van der Waals surface area (Å²) in [5.74, 6) is -2.47. The highest BCUT2D eigenvalue weighted by atomic mass is 32.2. The van der Waals surface area contributed by atoms with Crippen molar-refractivity contribution in [1.82, 2.24) is 4.90 Å². The predicted octanol–water partition coefficient (Wildman–Crippen LogP) is 6.06. The van der Waals surface area contributed by atoms with Crippen molar-refractivity contribution in [2.75, 3.05) is 21.2 Å². The fraction of sp³-hybridized carbons (Fsp3) is 0.783. The number of nitrogens with zero attached hydrogens (tertiary/aromatic N) is 1. The molecule has 0 aromatic heterocycles. The molecule has 15 nitrogen and oxygen atoms in total. The number of ether oxygens (including phenoxy) is 9. The number of carbonyl (C=O) groups excluding carboxylic acids is 2. The third kappa shape index (κ3) is 10.1. The Morgan fingerprint density at radius 3 is 2.23 bits per heavy atom. The van der Waals surface area contributed by atoms with E-state index >= 15 is 0 Å². The first kappa shape index (κ1) is 48.8. The van der Waals surface area contributed by atoms with Crippen molar-refractivity contribution in [3.8, 4) is 0 Å². The number of carbonyl (C=O) groups is 2. The summed E-state index contributed by atoms with van der Waals surface area (Å²) in [7, 11) is 1.29. The van der Waals surface area contributed by atoms with Gasteiger partial charge in [-0.2, -0.15) is 8.42 Å². The number of hydrogen-bond donors (Lipinski definition) is 0. The van der Waals surface area contributed by atoms with Crippen LogP contribution in [-0.2, 0) is 72.3 Å². The van der Waals surface area contributed by atoms with Crippen LogP contribution in [0.15, 0.2) is 41.7 Å². The molecule has 17 atom stereocenters. The summed E-state index contributed by atoms with van der Waals surface area (Å²) < 4.78 is 91.8. The number of likely N-dealkylation sites (N-methyl/N-ethyl adjacent to an activating group) is 1. The van der Waals surface area contributed by atoms with E-state index in [-0.39, 0.29) is 36.3 Å². The molecule has 2 unspecified atom stereocenters. The van der Waals surface area contributed by atoms with Crippen molar-refractivity contribution in [2.24, 2.45) is 17.8 Å². The van der Waals surface area contributed by atoms with Gasteiger partial charge in [-0.1, -0.05) is 51.1 Å². The highest BCUT2D eigenvalue weighted by Crippen LogP contribution is 2.52. The Kier molecular flexibility index (Phi) is 14.7. The molecule has 0 amide bonds. The van der Waals surface area contributed by atoms with E-state index in [4.69, 9.17) is 46.8 Å². The molecule has 16 heteroatoms. The smallest absolute Gasteiger partial charge is 0.311 e. The molecule has 0 radical (unpaired) electrons. The highest BCUT2D eigenvalue weighted by molar-refractivity contribution is 7.85. The maximum absolute atomic E-state index is 14.7. The zero-order chi connectivity index (χ0) is 45.7. The molecule has 0 spiro atoms. The van der Waals surface area contributed by atoms with Crippen LogP contribution in [0.4, 0.5) is 0 Å². The number of cyclic esters (lactones) is 1. The normalized spacial score (nSPS) is 42.8. The Morgan fingerprint density at radius 1 is 0.952 bits per heavy atom. The standard InChI is InChI=1S/C46H71NO14S/c1-15-34-46(11,59-34)40-27(4)36-25(2)22-45(10,60-36)39(58-43-38(55-31(8)48)33(47(12)13)21-26(3)53-43)28(5)37(29(6)42(49)57-40)56-35-23-44(9,52-14)41(30(7)54-35)61-62(50,51)24-32-19-17-16-18-20-32/h16-20,26-30,33-35,37-41,43H,15,21-24H2,1-14H3/t26-,27-,28+,29-,30+,33+,34-,35?,37+,38-,39-,40+,41+,43?,44-,45-,46-/m1/s1. The number of hydrogen-bond acceptors (Lipinski definition) is 15. The largest absolute Gasteiger partial charge is 0.488 e. The van der Waals surface area contributed by atoms with Crippen molar-refractivity contribution in [1.29, 1.82) is 0 Å². The Labute approximate surface area is 368 Å². The summed E-state index contributed by atoms with van der Waals surface area (Å²) in [5.41, 5.74) is -1.39. The second kappa shape index (κ2) is 18.7. The minimum Gasteiger partial charge on any atom is -0.488 e. The lowest BCUT2D eigenvalue weighted by atomic mass is 9.79. The number of epoxide rings is 1. The van der Waals surface area contributed by atoms with Gasteiger partial charge in [0.05, 0.1) is 47.9 Å². The van der Waals surface area contributed by atoms with Gasteiger partial charge < -0.3 is 47.5 Å². The molecule has 5 heterocycles. The summed E-state index contributed by atoms with van der Waals surface area (Å²) in [6.07, 6.45) is -5.54. The van der Waals surface area contributed by atoms with Gasteiger partial charge >= 0.3 is 11.9 Å². The maximum Gasteiger partial charge on any atom is 0.311 e. The first-order chi connectivity index (χ1) is 29.0. The number of esters is 2. The SMILES string of the molecule is CC[C@H]1O[C@@]1(C)[C@H]1OC(=O)[C@H](C)[C@@H](OC2C[C@@](C)(OC)[C@@H](OS(=O)(=O)Cc3ccccc3)[C@H](C)O2)[C@H](C)[C@@H](OC2O[C@H](C)C[C@H](N(C)C)[C@H]2OC(C)=O)[C@@]2(C)CC(C)=C(O2)[C@H]1C. The first-order valence-corrected chi connectivity index (χ1v) is 23.8. The second-order valence-electron chi connectivity index (χ2n) is 19.2. The fourth-order valence-corrected chi connectivity index (χ4v) is 11.9. The van der Waals surface area contributed by atoms with Crippen molar-refractivity contribution in [3.05, 3.63) is 47.2 Å². The van der Waals surface area contributed by atoms with Crippen molar-refractivity contribution in [3.63, 3.8) is 0 Å². The van der Waals surface area contributed by atoms with Crippen molar-refractivity contribution >= 4 is 22.1 Å². The van der Waals surface area contributed by atoms with Gasteiger partial charge in [0.2, 0.25) is 0 Å². The molecule has 0 N–H and O–H groups in total. The van der Waals surface area contributed by atoms with E-state index < -0.39 is 99.9 Å². The van der Waals surface area contributed by atoms with Gasteiger partial charge in [-0.25, -0.2) is 0 Å². The van der Waals surface area contributed by atoms with Crippen LogP contribution in [0, 0.1) is 17.8 Å². The molecule has 4 saturated heterocycles. The minimum absolute atomic E-state index is 0.0560. The summed E-state index contributed by atoms with van der Waals surface area (Å²) in [6, 6.07) is 8.59. The van der Waals surface area contributed by atoms with Gasteiger partial charge in [0.15, 0.2) is 18.7 Å². The molecule has 62 heavy (non-hydrogen) atoms. The van der Waals surface area contributed by atoms with Crippen molar-refractivity contribution in [2.45, 2.75) is 192 Å². The molecule has 350 valence electrons. The Balaban J connectivity index is 1.37. The third-order valence-corrected chi connectivity index (χ3v) is 15.1. The molecule has 5 aliphatic heterocycles. The average molecular weight is 894 g/mol. The Hall–Kier alpha value is -2.67. The van der Waals surface area contributed by atoms with E-state index in [0.717, 1.165) is 12.0 Å². The van der Waals surface area contributed by atoms with E-state index in [1.54, 1.807) is 45.0 Å². The predicted molar refractivity (Wildman–Crippen MR) is 228 cm³/mol. The van der Waals surface area contributed by atoms with E-state index in [9.17, 15) is 18.0 Å². The number of rotatable bonds is 13. The fourth-order valence-electron chi connectivity index (χ4n) is 10.6. The number of methoxy groups -OCH3 is 1. The summed E-state index contributed by atoms with van der Waals surface area (Å²) >= 11 is 0. The van der Waals surface area contributed by atoms with E-state index in [2.05, 4.69) is 0 Å². The quantitative estimate of drug-likeness (QED) is 0.127. The first-order valence-electron chi connectivity index (χ1n) is 22.2. The molecule has 5 aliphatic rings. The van der Waals surface area contributed by atoms with Crippen molar-refractivity contribution < 1.29 is 64.8 Å².